The van der Waals surface area contributed by atoms with Gasteiger partial charge in [0.1, 0.15) is 0 Å². The van der Waals surface area contributed by atoms with Crippen molar-refractivity contribution in [2.45, 2.75) is 6.92 Å². The fourth-order valence-corrected chi connectivity index (χ4v) is 0.870. The summed E-state index contributed by atoms with van der Waals surface area (Å²) in [5, 5.41) is 0. The van der Waals surface area contributed by atoms with Gasteiger partial charge in [0, 0.05) is 12.4 Å². The molecule has 14 heavy (non-hydrogen) atoms. The first-order chi connectivity index (χ1) is 6.59. The number of hydrogen-bond donors (Lipinski definition) is 3. The first kappa shape index (κ1) is 9.97. The zero-order valence-electron chi connectivity index (χ0n) is 7.57. The molecule has 0 unspecified atom stereocenters. The molecule has 0 aliphatic rings. The van der Waals surface area contributed by atoms with Gasteiger partial charge in [-0.05, 0) is 18.6 Å². The summed E-state index contributed by atoms with van der Waals surface area (Å²) in [7, 11) is 0. The van der Waals surface area contributed by atoms with Gasteiger partial charge < -0.3 is 5.73 Å². The average Bonchev–Trinajstić information content (AvgIpc) is 2.14. The number of hydrazine groups is 1. The van der Waals surface area contributed by atoms with E-state index in [1.807, 2.05) is 12.3 Å². The number of carbonyl (C=O) groups excluding carboxylic acids is 2. The molecule has 3 amide bonds. The summed E-state index contributed by atoms with van der Waals surface area (Å²) in [6.07, 6.45) is 3.02. The number of aryl methyl sites for hydroxylation is 1. The summed E-state index contributed by atoms with van der Waals surface area (Å²) < 4.78 is 0. The van der Waals surface area contributed by atoms with E-state index in [1.165, 1.54) is 6.20 Å². The normalized spacial score (nSPS) is 9.21. The lowest BCUT2D eigenvalue weighted by molar-refractivity contribution is 0.0937. The number of nitrogens with one attached hydrogen (secondary N) is 2. The van der Waals surface area contributed by atoms with Crippen molar-refractivity contribution < 1.29 is 9.59 Å². The highest BCUT2D eigenvalue weighted by Crippen LogP contribution is 1.99. The number of aromatic nitrogens is 1. The molecule has 6 nitrogen and oxygen atoms in total. The molecule has 0 aliphatic heterocycles. The lowest BCUT2D eigenvalue weighted by Crippen LogP contribution is -2.44. The van der Waals surface area contributed by atoms with E-state index in [9.17, 15) is 9.59 Å². The number of urea groups is 1. The van der Waals surface area contributed by atoms with Gasteiger partial charge in [-0.15, -0.1) is 0 Å². The zero-order chi connectivity index (χ0) is 10.6. The van der Waals surface area contributed by atoms with E-state index in [2.05, 4.69) is 10.4 Å². The van der Waals surface area contributed by atoms with E-state index in [0.717, 1.165) is 5.56 Å². The van der Waals surface area contributed by atoms with Crippen LogP contribution >= 0.6 is 0 Å². The molecule has 1 aromatic rings. The Hall–Kier alpha value is -2.11. The van der Waals surface area contributed by atoms with Crippen molar-refractivity contribution in [3.63, 3.8) is 0 Å². The van der Waals surface area contributed by atoms with Gasteiger partial charge in [-0.2, -0.15) is 0 Å². The first-order valence-electron chi connectivity index (χ1n) is 3.87. The quantitative estimate of drug-likeness (QED) is 0.535. The predicted molar refractivity (Wildman–Crippen MR) is 49.2 cm³/mol. The molecule has 0 aromatic carbocycles. The Labute approximate surface area is 80.5 Å². The molecule has 0 fully saturated rings. The van der Waals surface area contributed by atoms with Crippen molar-refractivity contribution in [2.75, 3.05) is 0 Å². The van der Waals surface area contributed by atoms with Crippen molar-refractivity contribution in [3.8, 4) is 0 Å². The molecule has 74 valence electrons. The van der Waals surface area contributed by atoms with E-state index >= 15 is 0 Å². The van der Waals surface area contributed by atoms with E-state index in [1.54, 1.807) is 12.3 Å². The lowest BCUT2D eigenvalue weighted by Gasteiger charge is -2.04. The van der Waals surface area contributed by atoms with Gasteiger partial charge in [0.25, 0.3) is 5.91 Å². The van der Waals surface area contributed by atoms with Crippen LogP contribution in [0.2, 0.25) is 0 Å². The first-order valence-corrected chi connectivity index (χ1v) is 3.87. The number of nitrogens with zero attached hydrogens (tertiary/aromatic N) is 1. The van der Waals surface area contributed by atoms with Crippen molar-refractivity contribution >= 4 is 11.9 Å². The number of nitrogens with two attached hydrogens (primary N) is 1. The summed E-state index contributed by atoms with van der Waals surface area (Å²) in [6, 6.07) is 0.823. The van der Waals surface area contributed by atoms with Gasteiger partial charge in [-0.1, -0.05) is 0 Å². The van der Waals surface area contributed by atoms with Crippen LogP contribution in [0.25, 0.3) is 0 Å². The number of pyridine rings is 1. The fraction of sp³-hybridized carbons (Fsp3) is 0.125. The highest BCUT2D eigenvalue weighted by Gasteiger charge is 2.05. The molecule has 1 heterocycles. The Morgan fingerprint density at radius 2 is 2.07 bits per heavy atom. The molecule has 0 bridgehead atoms. The Morgan fingerprint density at radius 3 is 2.64 bits per heavy atom. The lowest BCUT2D eigenvalue weighted by atomic mass is 10.2. The molecular weight excluding hydrogens is 184 g/mol. The summed E-state index contributed by atoms with van der Waals surface area (Å²) >= 11 is 0. The van der Waals surface area contributed by atoms with Crippen molar-refractivity contribution in [3.05, 3.63) is 29.6 Å². The molecular formula is C8H10N4O2. The third kappa shape index (κ3) is 2.74. The van der Waals surface area contributed by atoms with Crippen LogP contribution in [0.4, 0.5) is 4.79 Å². The standard InChI is InChI=1S/C8H10N4O2/c1-5-2-6(4-10-3-5)7(13)11-12-8(9)14/h2-4H,1H3,(H,11,13)(H3,9,12,14). The van der Waals surface area contributed by atoms with Crippen molar-refractivity contribution in [1.29, 1.82) is 0 Å². The van der Waals surface area contributed by atoms with E-state index < -0.39 is 11.9 Å². The third-order valence-electron chi connectivity index (χ3n) is 1.44. The van der Waals surface area contributed by atoms with Crippen LogP contribution < -0.4 is 16.6 Å². The molecule has 0 atom stereocenters. The number of carbonyl (C=O) groups is 2. The molecule has 0 radical (unpaired) electrons. The maximum atomic E-state index is 11.3. The summed E-state index contributed by atoms with van der Waals surface area (Å²) in [6.45, 7) is 1.81. The molecule has 6 heteroatoms. The minimum Gasteiger partial charge on any atom is -0.350 e. The maximum absolute atomic E-state index is 11.3. The van der Waals surface area contributed by atoms with Crippen LogP contribution in [0.3, 0.4) is 0 Å². The minimum atomic E-state index is -0.820. The van der Waals surface area contributed by atoms with Gasteiger partial charge in [-0.3, -0.25) is 15.2 Å². The van der Waals surface area contributed by atoms with Crippen molar-refractivity contribution in [2.24, 2.45) is 5.73 Å². The predicted octanol–water partition coefficient (Wildman–Crippen LogP) is -0.297. The molecule has 1 rings (SSSR count). The largest absolute Gasteiger partial charge is 0.350 e. The number of rotatable bonds is 1. The highest BCUT2D eigenvalue weighted by molar-refractivity contribution is 5.94. The van der Waals surface area contributed by atoms with Gasteiger partial charge in [0.05, 0.1) is 5.56 Å². The summed E-state index contributed by atoms with van der Waals surface area (Å²) in [4.78, 5) is 25.4. The van der Waals surface area contributed by atoms with Gasteiger partial charge in [-0.25, -0.2) is 10.2 Å². The van der Waals surface area contributed by atoms with Crippen LogP contribution in [-0.2, 0) is 0 Å². The second-order valence-electron chi connectivity index (χ2n) is 2.69. The summed E-state index contributed by atoms with van der Waals surface area (Å²) in [5.74, 6) is -0.458. The number of amides is 3. The van der Waals surface area contributed by atoms with Crippen molar-refractivity contribution in [1.82, 2.24) is 15.8 Å². The molecule has 0 saturated heterocycles. The fourth-order valence-electron chi connectivity index (χ4n) is 0.870. The van der Waals surface area contributed by atoms with Gasteiger partial charge in [0.15, 0.2) is 0 Å². The van der Waals surface area contributed by atoms with Gasteiger partial charge in [0.2, 0.25) is 0 Å². The Morgan fingerprint density at radius 1 is 1.36 bits per heavy atom. The topological polar surface area (TPSA) is 97.1 Å². The highest BCUT2D eigenvalue weighted by atomic mass is 16.2. The number of hydrogen-bond acceptors (Lipinski definition) is 3. The second-order valence-corrected chi connectivity index (χ2v) is 2.69. The van der Waals surface area contributed by atoms with Crippen LogP contribution in [-0.4, -0.2) is 16.9 Å². The third-order valence-corrected chi connectivity index (χ3v) is 1.44. The number of primary amides is 1. The van der Waals surface area contributed by atoms with E-state index in [-0.39, 0.29) is 0 Å². The zero-order valence-corrected chi connectivity index (χ0v) is 7.57. The van der Waals surface area contributed by atoms with E-state index in [0.29, 0.717) is 5.56 Å². The Kier molecular flexibility index (Phi) is 3.01. The maximum Gasteiger partial charge on any atom is 0.330 e. The molecule has 0 spiro atoms. The second kappa shape index (κ2) is 4.22. The van der Waals surface area contributed by atoms with E-state index in [4.69, 9.17) is 5.73 Å². The summed E-state index contributed by atoms with van der Waals surface area (Å²) in [5.41, 5.74) is 10.1. The van der Waals surface area contributed by atoms with Crippen LogP contribution in [0.5, 0.6) is 0 Å². The minimum absolute atomic E-state index is 0.360. The molecule has 1 aromatic heterocycles. The van der Waals surface area contributed by atoms with Crippen LogP contribution in [0, 0.1) is 6.92 Å². The Bertz CT molecular complexity index is 364. The smallest absolute Gasteiger partial charge is 0.330 e. The Balaban J connectivity index is 2.65. The average molecular weight is 194 g/mol. The molecule has 4 N–H and O–H groups in total. The van der Waals surface area contributed by atoms with Gasteiger partial charge >= 0.3 is 6.03 Å². The molecule has 0 saturated carbocycles. The monoisotopic (exact) mass is 194 g/mol. The molecule has 0 aliphatic carbocycles. The SMILES string of the molecule is Cc1cncc(C(=O)NNC(N)=O)c1. The van der Waals surface area contributed by atoms with Crippen LogP contribution in [0.15, 0.2) is 18.5 Å². The van der Waals surface area contributed by atoms with Crippen LogP contribution in [0.1, 0.15) is 15.9 Å².